The number of halogens is 1. The lowest BCUT2D eigenvalue weighted by Crippen LogP contribution is -2.24. The highest BCUT2D eigenvalue weighted by molar-refractivity contribution is 6.31. The van der Waals surface area contributed by atoms with E-state index < -0.39 is 0 Å². The number of hydrogen-bond acceptors (Lipinski definition) is 4. The summed E-state index contributed by atoms with van der Waals surface area (Å²) in [6.45, 7) is 7.66. The highest BCUT2D eigenvalue weighted by Crippen LogP contribution is 2.25. The molecular weight excluding hydrogens is 264 g/mol. The zero-order valence-corrected chi connectivity index (χ0v) is 12.2. The largest absolute Gasteiger partial charge is 0.470 e. The highest BCUT2D eigenvalue weighted by atomic mass is 35.5. The number of nitrogens with zero attached hydrogens (tertiary/aromatic N) is 3. The molecule has 6 heteroatoms. The fourth-order valence-electron chi connectivity index (χ4n) is 1.50. The van der Waals surface area contributed by atoms with Crippen LogP contribution in [0.1, 0.15) is 26.5 Å². The molecule has 0 saturated carbocycles. The van der Waals surface area contributed by atoms with Gasteiger partial charge in [0, 0.05) is 0 Å². The van der Waals surface area contributed by atoms with E-state index >= 15 is 0 Å². The first-order valence-corrected chi connectivity index (χ1v) is 6.32. The molecule has 2 heterocycles. The molecule has 0 saturated heterocycles. The molecular formula is C13H17ClN4O. The van der Waals surface area contributed by atoms with Crippen molar-refractivity contribution in [2.75, 3.05) is 5.73 Å². The summed E-state index contributed by atoms with van der Waals surface area (Å²) in [5.74, 6) is 1.01. The van der Waals surface area contributed by atoms with Gasteiger partial charge in [-0.05, 0) is 39.8 Å². The van der Waals surface area contributed by atoms with Crippen molar-refractivity contribution < 1.29 is 4.74 Å². The number of rotatable bonds is 2. The van der Waals surface area contributed by atoms with Gasteiger partial charge in [-0.2, -0.15) is 10.1 Å². The number of pyridine rings is 1. The monoisotopic (exact) mass is 280 g/mol. The minimum atomic E-state index is -0.364. The summed E-state index contributed by atoms with van der Waals surface area (Å²) in [6.07, 6.45) is 1.70. The van der Waals surface area contributed by atoms with E-state index in [2.05, 4.69) is 10.1 Å². The first-order valence-electron chi connectivity index (χ1n) is 5.94. The smallest absolute Gasteiger partial charge is 0.239 e. The average molecular weight is 281 g/mol. The first kappa shape index (κ1) is 13.7. The van der Waals surface area contributed by atoms with Crippen molar-refractivity contribution in [3.63, 3.8) is 0 Å². The van der Waals surface area contributed by atoms with Gasteiger partial charge in [0.25, 0.3) is 0 Å². The third kappa shape index (κ3) is 3.17. The van der Waals surface area contributed by atoms with Gasteiger partial charge >= 0.3 is 0 Å². The Bertz CT molecular complexity index is 582. The SMILES string of the molecule is Cc1nn(-c2ccc(N)c(OC(C)(C)C)n2)cc1Cl. The van der Waals surface area contributed by atoms with Crippen molar-refractivity contribution in [2.45, 2.75) is 33.3 Å². The van der Waals surface area contributed by atoms with Crippen LogP contribution in [0.15, 0.2) is 18.3 Å². The normalized spacial score (nSPS) is 11.6. The molecule has 0 bridgehead atoms. The molecule has 0 aliphatic heterocycles. The van der Waals surface area contributed by atoms with Crippen LogP contribution in [-0.4, -0.2) is 20.4 Å². The minimum Gasteiger partial charge on any atom is -0.470 e. The molecule has 0 amide bonds. The lowest BCUT2D eigenvalue weighted by Gasteiger charge is -2.21. The summed E-state index contributed by atoms with van der Waals surface area (Å²) in [5.41, 5.74) is 6.75. The van der Waals surface area contributed by atoms with Crippen LogP contribution in [0.25, 0.3) is 5.82 Å². The van der Waals surface area contributed by atoms with Gasteiger partial charge in [-0.3, -0.25) is 0 Å². The van der Waals surface area contributed by atoms with Crippen LogP contribution in [-0.2, 0) is 0 Å². The third-order valence-corrected chi connectivity index (χ3v) is 2.72. The Kier molecular flexibility index (Phi) is 3.41. The maximum absolute atomic E-state index is 5.99. The summed E-state index contributed by atoms with van der Waals surface area (Å²) in [7, 11) is 0. The average Bonchev–Trinajstić information content (AvgIpc) is 2.60. The van der Waals surface area contributed by atoms with Crippen molar-refractivity contribution in [3.8, 4) is 11.7 Å². The molecule has 0 aliphatic rings. The summed E-state index contributed by atoms with van der Waals surface area (Å²) in [6, 6.07) is 3.52. The van der Waals surface area contributed by atoms with Crippen LogP contribution in [0.3, 0.4) is 0 Å². The maximum Gasteiger partial charge on any atom is 0.239 e. The third-order valence-electron chi connectivity index (χ3n) is 2.35. The topological polar surface area (TPSA) is 66.0 Å². The second-order valence-electron chi connectivity index (χ2n) is 5.29. The molecule has 0 aromatic carbocycles. The predicted molar refractivity (Wildman–Crippen MR) is 75.9 cm³/mol. The van der Waals surface area contributed by atoms with Gasteiger partial charge in [-0.15, -0.1) is 0 Å². The lowest BCUT2D eigenvalue weighted by molar-refractivity contribution is 0.125. The Morgan fingerprint density at radius 2 is 2.00 bits per heavy atom. The molecule has 2 aromatic rings. The van der Waals surface area contributed by atoms with E-state index in [4.69, 9.17) is 22.1 Å². The second kappa shape index (κ2) is 4.74. The second-order valence-corrected chi connectivity index (χ2v) is 5.69. The molecule has 19 heavy (non-hydrogen) atoms. The van der Waals surface area contributed by atoms with Gasteiger partial charge in [-0.25, -0.2) is 4.68 Å². The van der Waals surface area contributed by atoms with Crippen LogP contribution in [0.4, 0.5) is 5.69 Å². The number of aryl methyl sites for hydroxylation is 1. The van der Waals surface area contributed by atoms with Crippen LogP contribution >= 0.6 is 11.6 Å². The summed E-state index contributed by atoms with van der Waals surface area (Å²) < 4.78 is 7.33. The number of anilines is 1. The lowest BCUT2D eigenvalue weighted by atomic mass is 10.2. The molecule has 0 fully saturated rings. The van der Waals surface area contributed by atoms with Gasteiger partial charge in [0.1, 0.15) is 5.60 Å². The zero-order chi connectivity index (χ0) is 14.2. The number of nitrogens with two attached hydrogens (primary N) is 1. The Balaban J connectivity index is 2.40. The summed E-state index contributed by atoms with van der Waals surface area (Å²) in [4.78, 5) is 4.38. The van der Waals surface area contributed by atoms with Crippen molar-refractivity contribution in [1.82, 2.24) is 14.8 Å². The van der Waals surface area contributed by atoms with E-state index in [1.54, 1.807) is 23.0 Å². The Morgan fingerprint density at radius 1 is 1.32 bits per heavy atom. The van der Waals surface area contributed by atoms with E-state index in [9.17, 15) is 0 Å². The number of nitrogen functional groups attached to an aromatic ring is 1. The minimum absolute atomic E-state index is 0.364. The number of ether oxygens (including phenoxy) is 1. The van der Waals surface area contributed by atoms with Crippen molar-refractivity contribution >= 4 is 17.3 Å². The van der Waals surface area contributed by atoms with Gasteiger partial charge in [-0.1, -0.05) is 11.6 Å². The fraction of sp³-hybridized carbons (Fsp3) is 0.385. The number of hydrogen-bond donors (Lipinski definition) is 1. The highest BCUT2D eigenvalue weighted by Gasteiger charge is 2.16. The van der Waals surface area contributed by atoms with Gasteiger partial charge in [0.05, 0.1) is 22.6 Å². The molecule has 102 valence electrons. The van der Waals surface area contributed by atoms with Crippen molar-refractivity contribution in [3.05, 3.63) is 29.0 Å². The van der Waals surface area contributed by atoms with Gasteiger partial charge in [0.2, 0.25) is 5.88 Å². The molecule has 0 aliphatic carbocycles. The molecule has 5 nitrogen and oxygen atoms in total. The quantitative estimate of drug-likeness (QED) is 0.918. The molecule has 0 radical (unpaired) electrons. The van der Waals surface area contributed by atoms with Gasteiger partial charge < -0.3 is 10.5 Å². The van der Waals surface area contributed by atoms with Crippen LogP contribution in [0.5, 0.6) is 5.88 Å². The van der Waals surface area contributed by atoms with E-state index in [1.165, 1.54) is 0 Å². The summed E-state index contributed by atoms with van der Waals surface area (Å²) in [5, 5.41) is 4.87. The van der Waals surface area contributed by atoms with Crippen LogP contribution in [0.2, 0.25) is 5.02 Å². The van der Waals surface area contributed by atoms with E-state index in [0.29, 0.717) is 22.4 Å². The molecule has 2 aromatic heterocycles. The van der Waals surface area contributed by atoms with Crippen LogP contribution in [0, 0.1) is 6.92 Å². The Hall–Kier alpha value is -1.75. The maximum atomic E-state index is 5.99. The number of aromatic nitrogens is 3. The molecule has 2 rings (SSSR count). The molecule has 0 atom stereocenters. The van der Waals surface area contributed by atoms with E-state index in [0.717, 1.165) is 5.69 Å². The fourth-order valence-corrected chi connectivity index (χ4v) is 1.63. The molecule has 0 unspecified atom stereocenters. The van der Waals surface area contributed by atoms with Crippen molar-refractivity contribution in [1.29, 1.82) is 0 Å². The zero-order valence-electron chi connectivity index (χ0n) is 11.4. The Labute approximate surface area is 117 Å². The Morgan fingerprint density at radius 3 is 2.53 bits per heavy atom. The van der Waals surface area contributed by atoms with Crippen LogP contribution < -0.4 is 10.5 Å². The first-order chi connectivity index (χ1) is 8.76. The standard InChI is InChI=1S/C13H17ClN4O/c1-8-9(14)7-18(17-8)11-6-5-10(15)12(16-11)19-13(2,3)4/h5-7H,15H2,1-4H3. The van der Waals surface area contributed by atoms with Crippen molar-refractivity contribution in [2.24, 2.45) is 0 Å². The van der Waals surface area contributed by atoms with E-state index in [-0.39, 0.29) is 5.60 Å². The predicted octanol–water partition coefficient (Wildman–Crippen LogP) is 2.99. The van der Waals surface area contributed by atoms with Gasteiger partial charge in [0.15, 0.2) is 5.82 Å². The summed E-state index contributed by atoms with van der Waals surface area (Å²) >= 11 is 5.99. The van der Waals surface area contributed by atoms with E-state index in [1.807, 2.05) is 27.7 Å². The molecule has 2 N–H and O–H groups in total. The molecule has 0 spiro atoms.